The zero-order chi connectivity index (χ0) is 18.7. The van der Waals surface area contributed by atoms with Gasteiger partial charge in [-0.3, -0.25) is 9.59 Å². The van der Waals surface area contributed by atoms with Crippen LogP contribution in [-0.4, -0.2) is 40.4 Å². The number of ether oxygens (including phenoxy) is 1. The monoisotopic (exact) mass is 356 g/mol. The molecule has 2 aromatic rings. The van der Waals surface area contributed by atoms with Crippen molar-refractivity contribution >= 4 is 11.8 Å². The molecule has 1 fully saturated rings. The molecule has 26 heavy (non-hydrogen) atoms. The molecule has 1 aliphatic rings. The molecule has 1 aromatic heterocycles. The Labute approximate surface area is 153 Å². The maximum atomic E-state index is 12.9. The second kappa shape index (κ2) is 7.59. The fraction of sp³-hybridized carbons (Fsp3) is 0.421. The second-order valence-electron chi connectivity index (χ2n) is 6.52. The third-order valence-corrected chi connectivity index (χ3v) is 4.97. The van der Waals surface area contributed by atoms with Crippen LogP contribution in [-0.2, 0) is 23.2 Å². The highest BCUT2D eigenvalue weighted by atomic mass is 16.5. The van der Waals surface area contributed by atoms with Gasteiger partial charge in [0.2, 0.25) is 11.8 Å². The van der Waals surface area contributed by atoms with Crippen LogP contribution in [0.3, 0.4) is 0 Å². The van der Waals surface area contributed by atoms with Crippen LogP contribution >= 0.6 is 0 Å². The topological polar surface area (TPSA) is 76.5 Å². The van der Waals surface area contributed by atoms with Crippen molar-refractivity contribution in [1.29, 1.82) is 0 Å². The van der Waals surface area contributed by atoms with Gasteiger partial charge >= 0.3 is 0 Å². The Kier molecular flexibility index (Phi) is 5.25. The summed E-state index contributed by atoms with van der Waals surface area (Å²) in [5.74, 6) is 1.07. The van der Waals surface area contributed by atoms with E-state index in [1.807, 2.05) is 42.1 Å². The second-order valence-corrected chi connectivity index (χ2v) is 6.52. The van der Waals surface area contributed by atoms with Crippen LogP contribution in [0.5, 0.6) is 5.75 Å². The van der Waals surface area contributed by atoms with Crippen molar-refractivity contribution in [2.75, 3.05) is 14.2 Å². The fourth-order valence-corrected chi connectivity index (χ4v) is 3.49. The van der Waals surface area contributed by atoms with Crippen LogP contribution in [0.2, 0.25) is 0 Å². The summed E-state index contributed by atoms with van der Waals surface area (Å²) in [5, 5.41) is 3.00. The molecule has 1 saturated heterocycles. The summed E-state index contributed by atoms with van der Waals surface area (Å²) in [6, 6.07) is 7.22. The van der Waals surface area contributed by atoms with Gasteiger partial charge in [0.25, 0.3) is 0 Å². The number of carbonyl (C=O) groups is 2. The zero-order valence-corrected chi connectivity index (χ0v) is 15.3. The Hall–Kier alpha value is -2.83. The summed E-state index contributed by atoms with van der Waals surface area (Å²) in [5.41, 5.74) is 0.914. The fourth-order valence-electron chi connectivity index (χ4n) is 3.49. The number of aryl methyl sites for hydroxylation is 1. The summed E-state index contributed by atoms with van der Waals surface area (Å²) in [4.78, 5) is 31.1. The predicted molar refractivity (Wildman–Crippen MR) is 96.3 cm³/mol. The van der Waals surface area contributed by atoms with E-state index in [1.165, 1.54) is 0 Å². The summed E-state index contributed by atoms with van der Waals surface area (Å²) < 4.78 is 7.19. The minimum atomic E-state index is -0.367. The highest BCUT2D eigenvalue weighted by Gasteiger charge is 2.40. The number of hydrogen-bond acceptors (Lipinski definition) is 4. The number of para-hydroxylation sites is 1. The first-order chi connectivity index (χ1) is 12.5. The van der Waals surface area contributed by atoms with Crippen LogP contribution in [0.1, 0.15) is 30.3 Å². The number of carbonyl (C=O) groups excluding carboxylic acids is 2. The van der Waals surface area contributed by atoms with Crippen LogP contribution in [0.4, 0.5) is 0 Å². The molecule has 0 bridgehead atoms. The van der Waals surface area contributed by atoms with E-state index in [1.54, 1.807) is 25.3 Å². The van der Waals surface area contributed by atoms with Crippen molar-refractivity contribution in [3.05, 3.63) is 48.0 Å². The lowest BCUT2D eigenvalue weighted by atomic mass is 9.87. The molecule has 2 atom stereocenters. The van der Waals surface area contributed by atoms with Gasteiger partial charge in [0.1, 0.15) is 17.6 Å². The van der Waals surface area contributed by atoms with E-state index in [0.717, 1.165) is 17.1 Å². The maximum Gasteiger partial charge on any atom is 0.225 e. The summed E-state index contributed by atoms with van der Waals surface area (Å²) in [6.07, 6.45) is 4.39. The molecule has 0 aliphatic carbocycles. The molecular weight excluding hydrogens is 332 g/mol. The lowest BCUT2D eigenvalue weighted by Crippen LogP contribution is -2.47. The molecule has 2 heterocycles. The van der Waals surface area contributed by atoms with Gasteiger partial charge in [0.15, 0.2) is 0 Å². The van der Waals surface area contributed by atoms with E-state index >= 15 is 0 Å². The number of benzene rings is 1. The highest BCUT2D eigenvalue weighted by molar-refractivity contribution is 5.84. The lowest BCUT2D eigenvalue weighted by molar-refractivity contribution is -0.142. The average Bonchev–Trinajstić information content (AvgIpc) is 3.07. The summed E-state index contributed by atoms with van der Waals surface area (Å²) >= 11 is 0. The number of piperidine rings is 1. The van der Waals surface area contributed by atoms with Gasteiger partial charge in [-0.1, -0.05) is 18.2 Å². The number of amides is 2. The number of rotatable bonds is 5. The van der Waals surface area contributed by atoms with E-state index in [2.05, 4.69) is 10.3 Å². The van der Waals surface area contributed by atoms with Crippen molar-refractivity contribution in [3.8, 4) is 5.75 Å². The van der Waals surface area contributed by atoms with E-state index in [-0.39, 0.29) is 23.8 Å². The Balaban J connectivity index is 1.78. The smallest absolute Gasteiger partial charge is 0.225 e. The Bertz CT molecular complexity index is 802. The highest BCUT2D eigenvalue weighted by Crippen LogP contribution is 2.35. The molecule has 0 radical (unpaired) electrons. The van der Waals surface area contributed by atoms with Crippen LogP contribution < -0.4 is 10.1 Å². The number of methoxy groups -OCH3 is 1. The number of nitrogens with one attached hydrogen (secondary N) is 1. The molecule has 7 nitrogen and oxygen atoms in total. The molecule has 0 spiro atoms. The van der Waals surface area contributed by atoms with Crippen molar-refractivity contribution < 1.29 is 14.3 Å². The SMILES string of the molecule is COc1ccccc1CNC(=O)[C@H]1CCC(=O)N(C)[C@@H]1c1nccn1C. The van der Waals surface area contributed by atoms with Crippen LogP contribution in [0.15, 0.2) is 36.7 Å². The van der Waals surface area contributed by atoms with Crippen molar-refractivity contribution in [2.45, 2.75) is 25.4 Å². The molecule has 7 heteroatoms. The van der Waals surface area contributed by atoms with Crippen LogP contribution in [0.25, 0.3) is 0 Å². The molecule has 1 aliphatic heterocycles. The van der Waals surface area contributed by atoms with Gasteiger partial charge in [0.05, 0.1) is 13.0 Å². The van der Waals surface area contributed by atoms with Gasteiger partial charge in [-0.25, -0.2) is 4.98 Å². The molecule has 1 N–H and O–H groups in total. The van der Waals surface area contributed by atoms with Crippen molar-refractivity contribution in [3.63, 3.8) is 0 Å². The zero-order valence-electron chi connectivity index (χ0n) is 15.3. The number of likely N-dealkylation sites (tertiary alicyclic amines) is 1. The standard InChI is InChI=1S/C19H24N4O3/c1-22-11-10-20-18(22)17-14(8-9-16(24)23(17)2)19(25)21-12-13-6-4-5-7-15(13)26-3/h4-7,10-11,14,17H,8-9,12H2,1-3H3,(H,21,25)/t14-,17-/m0/s1. The van der Waals surface area contributed by atoms with E-state index in [9.17, 15) is 9.59 Å². The first-order valence-corrected chi connectivity index (χ1v) is 8.65. The predicted octanol–water partition coefficient (Wildman–Crippen LogP) is 1.65. The number of hydrogen-bond donors (Lipinski definition) is 1. The average molecular weight is 356 g/mol. The van der Waals surface area contributed by atoms with Crippen molar-refractivity contribution in [1.82, 2.24) is 19.8 Å². The van der Waals surface area contributed by atoms with Gasteiger partial charge in [-0.05, 0) is 12.5 Å². The first-order valence-electron chi connectivity index (χ1n) is 8.65. The van der Waals surface area contributed by atoms with Gasteiger partial charge in [-0.15, -0.1) is 0 Å². The van der Waals surface area contributed by atoms with E-state index < -0.39 is 0 Å². The third kappa shape index (κ3) is 3.42. The first kappa shape index (κ1) is 18.0. The normalized spacial score (nSPS) is 20.1. The summed E-state index contributed by atoms with van der Waals surface area (Å²) in [7, 11) is 5.22. The maximum absolute atomic E-state index is 12.9. The number of aromatic nitrogens is 2. The van der Waals surface area contributed by atoms with Crippen molar-refractivity contribution in [2.24, 2.45) is 13.0 Å². The largest absolute Gasteiger partial charge is 0.496 e. The van der Waals surface area contributed by atoms with E-state index in [0.29, 0.717) is 19.4 Å². The molecular formula is C19H24N4O3. The van der Waals surface area contributed by atoms with Gasteiger partial charge < -0.3 is 19.5 Å². The molecule has 0 saturated carbocycles. The Morgan fingerprint density at radius 3 is 2.81 bits per heavy atom. The Morgan fingerprint density at radius 1 is 1.35 bits per heavy atom. The lowest BCUT2D eigenvalue weighted by Gasteiger charge is -2.37. The minimum Gasteiger partial charge on any atom is -0.496 e. The van der Waals surface area contributed by atoms with Gasteiger partial charge in [0, 0.05) is 45.0 Å². The molecule has 2 amide bonds. The Morgan fingerprint density at radius 2 is 2.12 bits per heavy atom. The molecule has 0 unspecified atom stereocenters. The van der Waals surface area contributed by atoms with Crippen LogP contribution in [0, 0.1) is 5.92 Å². The quantitative estimate of drug-likeness (QED) is 0.884. The van der Waals surface area contributed by atoms with E-state index in [4.69, 9.17) is 4.74 Å². The number of nitrogens with zero attached hydrogens (tertiary/aromatic N) is 3. The van der Waals surface area contributed by atoms with Gasteiger partial charge in [-0.2, -0.15) is 0 Å². The minimum absolute atomic E-state index is 0.0341. The number of imidazole rings is 1. The third-order valence-electron chi connectivity index (χ3n) is 4.97. The summed E-state index contributed by atoms with van der Waals surface area (Å²) in [6.45, 7) is 0.379. The molecule has 1 aromatic carbocycles. The molecule has 3 rings (SSSR count). The molecule has 138 valence electrons.